The van der Waals surface area contributed by atoms with Crippen LogP contribution in [0.5, 0.6) is 0 Å². The highest BCUT2D eigenvalue weighted by atomic mass is 15.3. The van der Waals surface area contributed by atoms with Crippen LogP contribution in [-0.4, -0.2) is 63.4 Å². The number of piperazine rings is 1. The van der Waals surface area contributed by atoms with Crippen molar-refractivity contribution in [1.29, 1.82) is 0 Å². The van der Waals surface area contributed by atoms with E-state index in [9.17, 15) is 0 Å². The van der Waals surface area contributed by atoms with Gasteiger partial charge in [-0.05, 0) is 57.6 Å². The minimum Gasteiger partial charge on any atom is -0.355 e. The van der Waals surface area contributed by atoms with Gasteiger partial charge >= 0.3 is 0 Å². The molecule has 0 N–H and O–H groups in total. The van der Waals surface area contributed by atoms with Gasteiger partial charge in [-0.2, -0.15) is 0 Å². The lowest BCUT2D eigenvalue weighted by atomic mass is 10.1. The van der Waals surface area contributed by atoms with Gasteiger partial charge < -0.3 is 4.90 Å². The number of rotatable bonds is 5. The second kappa shape index (κ2) is 7.76. The molecule has 0 amide bonds. The Balaban J connectivity index is 1.36. The number of pyridine rings is 2. The van der Waals surface area contributed by atoms with Crippen LogP contribution in [-0.2, 0) is 6.54 Å². The van der Waals surface area contributed by atoms with Gasteiger partial charge in [0.05, 0.1) is 11.4 Å². The molecule has 2 aliphatic rings. The van der Waals surface area contributed by atoms with E-state index in [0.717, 1.165) is 36.7 Å². The maximum atomic E-state index is 4.91. The molecule has 5 rings (SSSR count). The summed E-state index contributed by atoms with van der Waals surface area (Å²) in [5.41, 5.74) is 3.22. The topological polar surface area (TPSA) is 39.9 Å². The van der Waals surface area contributed by atoms with E-state index in [2.05, 4.69) is 68.5 Å². The van der Waals surface area contributed by atoms with E-state index in [0.29, 0.717) is 6.04 Å². The van der Waals surface area contributed by atoms with Crippen LogP contribution in [0.15, 0.2) is 48.8 Å². The summed E-state index contributed by atoms with van der Waals surface area (Å²) in [6, 6.07) is 13.6. The second-order valence-corrected chi connectivity index (χ2v) is 8.47. The molecule has 0 spiro atoms. The molecule has 0 bridgehead atoms. The van der Waals surface area contributed by atoms with Crippen molar-refractivity contribution >= 4 is 11.5 Å². The zero-order valence-corrected chi connectivity index (χ0v) is 17.4. The predicted molar refractivity (Wildman–Crippen MR) is 116 cm³/mol. The first-order chi connectivity index (χ1) is 14.2. The molecular formula is C23H30N6. The third kappa shape index (κ3) is 3.63. The molecule has 2 fully saturated rings. The SMILES string of the molecule is C[C@@H](c1ccccn1)N(C)Cc1cn2c(N3CCN4CCC[C@@H]4C3)cccc2n1. The largest absolute Gasteiger partial charge is 0.355 e. The first-order valence-corrected chi connectivity index (χ1v) is 10.8. The standard InChI is InChI=1S/C23H30N6/c1-18(21-8-3-4-11-24-21)26(2)15-19-16-29-22(25-19)9-5-10-23(29)28-14-13-27-12-6-7-20(27)17-28/h3-5,8-11,16,18,20H,6-7,12-15,17H2,1-2H3/t18-,20+/m0/s1. The Labute approximate surface area is 172 Å². The van der Waals surface area contributed by atoms with Crippen LogP contribution in [0.1, 0.15) is 37.2 Å². The van der Waals surface area contributed by atoms with Crippen LogP contribution >= 0.6 is 0 Å². The molecule has 3 aromatic rings. The average molecular weight is 391 g/mol. The van der Waals surface area contributed by atoms with Gasteiger partial charge in [-0.15, -0.1) is 0 Å². The lowest BCUT2D eigenvalue weighted by Crippen LogP contribution is -2.50. The summed E-state index contributed by atoms with van der Waals surface area (Å²) < 4.78 is 2.28. The van der Waals surface area contributed by atoms with Gasteiger partial charge in [-0.1, -0.05) is 12.1 Å². The highest BCUT2D eigenvalue weighted by molar-refractivity contribution is 5.53. The van der Waals surface area contributed by atoms with Crippen molar-refractivity contribution in [1.82, 2.24) is 24.2 Å². The number of nitrogens with zero attached hydrogens (tertiary/aromatic N) is 6. The van der Waals surface area contributed by atoms with E-state index in [1.807, 2.05) is 18.3 Å². The summed E-state index contributed by atoms with van der Waals surface area (Å²) in [5, 5.41) is 0. The highest BCUT2D eigenvalue weighted by Crippen LogP contribution is 2.27. The van der Waals surface area contributed by atoms with Gasteiger partial charge in [0.15, 0.2) is 0 Å². The molecule has 2 atom stereocenters. The van der Waals surface area contributed by atoms with Crippen LogP contribution in [0, 0.1) is 0 Å². The Morgan fingerprint density at radius 2 is 2.07 bits per heavy atom. The van der Waals surface area contributed by atoms with Gasteiger partial charge in [0.1, 0.15) is 11.5 Å². The minimum absolute atomic E-state index is 0.246. The maximum Gasteiger partial charge on any atom is 0.138 e. The molecule has 0 aliphatic carbocycles. The Hall–Kier alpha value is -2.44. The first kappa shape index (κ1) is 18.6. The van der Waals surface area contributed by atoms with Gasteiger partial charge in [0.25, 0.3) is 0 Å². The van der Waals surface area contributed by atoms with Crippen LogP contribution < -0.4 is 4.90 Å². The lowest BCUT2D eigenvalue weighted by Gasteiger charge is -2.38. The van der Waals surface area contributed by atoms with Gasteiger partial charge in [-0.3, -0.25) is 19.2 Å². The number of aromatic nitrogens is 3. The summed E-state index contributed by atoms with van der Waals surface area (Å²) in [5.74, 6) is 1.27. The van der Waals surface area contributed by atoms with E-state index in [1.54, 1.807) is 0 Å². The fourth-order valence-electron chi connectivity index (χ4n) is 4.82. The first-order valence-electron chi connectivity index (χ1n) is 10.8. The summed E-state index contributed by atoms with van der Waals surface area (Å²) in [6.45, 7) is 7.68. The molecular weight excluding hydrogens is 360 g/mol. The zero-order chi connectivity index (χ0) is 19.8. The lowest BCUT2D eigenvalue weighted by molar-refractivity contribution is 0.230. The molecule has 5 heterocycles. The van der Waals surface area contributed by atoms with Crippen molar-refractivity contribution in [3.63, 3.8) is 0 Å². The maximum absolute atomic E-state index is 4.91. The molecule has 6 nitrogen and oxygen atoms in total. The van der Waals surface area contributed by atoms with Crippen LogP contribution in [0.4, 0.5) is 5.82 Å². The number of fused-ring (bicyclic) bond motifs is 2. The van der Waals surface area contributed by atoms with E-state index < -0.39 is 0 Å². The van der Waals surface area contributed by atoms with Crippen molar-refractivity contribution in [2.75, 3.05) is 38.1 Å². The molecule has 2 aliphatic heterocycles. The van der Waals surface area contributed by atoms with Gasteiger partial charge in [0, 0.05) is 50.7 Å². The molecule has 152 valence electrons. The predicted octanol–water partition coefficient (Wildman–Crippen LogP) is 3.21. The molecule has 3 aromatic heterocycles. The second-order valence-electron chi connectivity index (χ2n) is 8.47. The van der Waals surface area contributed by atoms with Crippen molar-refractivity contribution in [3.8, 4) is 0 Å². The Morgan fingerprint density at radius 1 is 1.14 bits per heavy atom. The third-order valence-electron chi connectivity index (χ3n) is 6.62. The summed E-state index contributed by atoms with van der Waals surface area (Å²) in [7, 11) is 2.14. The number of imidazole rings is 1. The Kier molecular flexibility index (Phi) is 4.97. The molecule has 0 radical (unpaired) electrons. The van der Waals surface area contributed by atoms with Crippen molar-refractivity contribution in [3.05, 3.63) is 60.2 Å². The molecule has 0 aromatic carbocycles. The van der Waals surface area contributed by atoms with Crippen molar-refractivity contribution < 1.29 is 0 Å². The number of anilines is 1. The molecule has 0 saturated carbocycles. The van der Waals surface area contributed by atoms with Gasteiger partial charge in [0.2, 0.25) is 0 Å². The molecule has 2 saturated heterocycles. The fraction of sp³-hybridized carbons (Fsp3) is 0.478. The fourth-order valence-corrected chi connectivity index (χ4v) is 4.82. The number of hydrogen-bond acceptors (Lipinski definition) is 5. The van der Waals surface area contributed by atoms with E-state index in [-0.39, 0.29) is 6.04 Å². The highest BCUT2D eigenvalue weighted by Gasteiger charge is 2.31. The summed E-state index contributed by atoms with van der Waals surface area (Å²) in [4.78, 5) is 16.9. The Morgan fingerprint density at radius 3 is 2.93 bits per heavy atom. The Bertz CT molecular complexity index is 968. The monoisotopic (exact) mass is 390 g/mol. The summed E-state index contributed by atoms with van der Waals surface area (Å²) >= 11 is 0. The van der Waals surface area contributed by atoms with Crippen molar-refractivity contribution in [2.24, 2.45) is 0 Å². The summed E-state index contributed by atoms with van der Waals surface area (Å²) in [6.07, 6.45) is 6.75. The van der Waals surface area contributed by atoms with Crippen molar-refractivity contribution in [2.45, 2.75) is 38.4 Å². The normalized spacial score (nSPS) is 21.1. The number of hydrogen-bond donors (Lipinski definition) is 0. The van der Waals surface area contributed by atoms with Crippen LogP contribution in [0.25, 0.3) is 5.65 Å². The molecule has 29 heavy (non-hydrogen) atoms. The van der Waals surface area contributed by atoms with Crippen LogP contribution in [0.3, 0.4) is 0 Å². The van der Waals surface area contributed by atoms with E-state index in [4.69, 9.17) is 4.98 Å². The van der Waals surface area contributed by atoms with Crippen LogP contribution in [0.2, 0.25) is 0 Å². The quantitative estimate of drug-likeness (QED) is 0.669. The molecule has 0 unspecified atom stereocenters. The zero-order valence-electron chi connectivity index (χ0n) is 17.4. The molecule has 6 heteroatoms. The smallest absolute Gasteiger partial charge is 0.138 e. The average Bonchev–Trinajstić information content (AvgIpc) is 3.39. The van der Waals surface area contributed by atoms with E-state index >= 15 is 0 Å². The third-order valence-corrected chi connectivity index (χ3v) is 6.62. The minimum atomic E-state index is 0.246. The van der Waals surface area contributed by atoms with Gasteiger partial charge in [-0.25, -0.2) is 4.98 Å². The van der Waals surface area contributed by atoms with E-state index in [1.165, 1.54) is 31.7 Å².